The molecular formula is C24H22N2OS. The highest BCUT2D eigenvalue weighted by Crippen LogP contribution is 2.39. The maximum Gasteiger partial charge on any atom is 0.116 e. The Kier molecular flexibility index (Phi) is 5.76. The molecule has 0 spiro atoms. The second-order valence-corrected chi connectivity index (χ2v) is 8.32. The lowest BCUT2D eigenvalue weighted by Crippen LogP contribution is -2.27. The fourth-order valence-corrected chi connectivity index (χ4v) is 4.96. The predicted octanol–water partition coefficient (Wildman–Crippen LogP) is 5.68. The first-order valence-electron chi connectivity index (χ1n) is 9.67. The summed E-state index contributed by atoms with van der Waals surface area (Å²) in [5.41, 5.74) is 4.37. The van der Waals surface area contributed by atoms with Crippen molar-refractivity contribution in [3.05, 3.63) is 72.3 Å². The number of aliphatic hydroxyl groups excluding tert-OH is 1. The normalized spacial score (nSPS) is 19.1. The molecule has 0 unspecified atom stereocenters. The van der Waals surface area contributed by atoms with Gasteiger partial charge in [-0.25, -0.2) is 4.98 Å². The molecule has 0 aliphatic heterocycles. The van der Waals surface area contributed by atoms with Crippen LogP contribution < -0.4 is 0 Å². The van der Waals surface area contributed by atoms with Gasteiger partial charge in [-0.3, -0.25) is 0 Å². The summed E-state index contributed by atoms with van der Waals surface area (Å²) in [6.45, 7) is 0. The summed E-state index contributed by atoms with van der Waals surface area (Å²) in [4.78, 5) is 4.86. The van der Waals surface area contributed by atoms with Gasteiger partial charge in [0, 0.05) is 16.4 Å². The van der Waals surface area contributed by atoms with E-state index >= 15 is 0 Å². The van der Waals surface area contributed by atoms with E-state index in [1.165, 1.54) is 0 Å². The quantitative estimate of drug-likeness (QED) is 0.626. The van der Waals surface area contributed by atoms with Crippen LogP contribution in [0.25, 0.3) is 22.4 Å². The number of thioether (sulfide) groups is 1. The maximum absolute atomic E-state index is 10.4. The molecule has 3 nitrogen and oxygen atoms in total. The van der Waals surface area contributed by atoms with Gasteiger partial charge in [-0.05, 0) is 24.5 Å². The first-order valence-corrected chi connectivity index (χ1v) is 10.5. The Hall–Kier alpha value is -2.61. The molecule has 1 fully saturated rings. The van der Waals surface area contributed by atoms with Crippen LogP contribution in [0.1, 0.15) is 31.2 Å². The van der Waals surface area contributed by atoms with E-state index in [2.05, 4.69) is 6.07 Å². The van der Waals surface area contributed by atoms with Gasteiger partial charge >= 0.3 is 0 Å². The van der Waals surface area contributed by atoms with Crippen molar-refractivity contribution in [1.29, 1.82) is 5.26 Å². The molecular weight excluding hydrogens is 364 g/mol. The van der Waals surface area contributed by atoms with Gasteiger partial charge in [0.1, 0.15) is 11.1 Å². The molecule has 4 rings (SSSR count). The lowest BCUT2D eigenvalue weighted by Gasteiger charge is -2.27. The topological polar surface area (TPSA) is 56.9 Å². The largest absolute Gasteiger partial charge is 0.392 e. The fraction of sp³-hybridized carbons (Fsp3) is 0.250. The Morgan fingerprint density at radius 1 is 0.929 bits per heavy atom. The van der Waals surface area contributed by atoms with Gasteiger partial charge in [-0.2, -0.15) is 5.26 Å². The zero-order valence-corrected chi connectivity index (χ0v) is 16.4. The highest BCUT2D eigenvalue weighted by atomic mass is 32.2. The second kappa shape index (κ2) is 8.60. The Labute approximate surface area is 170 Å². The van der Waals surface area contributed by atoms with Gasteiger partial charge in [0.25, 0.3) is 0 Å². The first kappa shape index (κ1) is 18.7. The summed E-state index contributed by atoms with van der Waals surface area (Å²) in [7, 11) is 0. The van der Waals surface area contributed by atoms with Crippen LogP contribution in [0, 0.1) is 11.3 Å². The number of nitriles is 1. The maximum atomic E-state index is 10.4. The van der Waals surface area contributed by atoms with Crippen LogP contribution in [0.2, 0.25) is 0 Å². The summed E-state index contributed by atoms with van der Waals surface area (Å²) < 4.78 is 0. The summed E-state index contributed by atoms with van der Waals surface area (Å²) in [6, 6.07) is 24.4. The molecule has 28 heavy (non-hydrogen) atoms. The van der Waals surface area contributed by atoms with Gasteiger partial charge in [0.2, 0.25) is 0 Å². The SMILES string of the molecule is N#Cc1c(-c2ccccc2)cc(-c2ccccc2)nc1S[C@H]1CCCC[C@@H]1O. The van der Waals surface area contributed by atoms with Crippen LogP contribution in [0.15, 0.2) is 71.8 Å². The predicted molar refractivity (Wildman–Crippen MR) is 114 cm³/mol. The molecule has 1 heterocycles. The average molecular weight is 387 g/mol. The minimum absolute atomic E-state index is 0.0861. The van der Waals surface area contributed by atoms with E-state index in [9.17, 15) is 10.4 Å². The summed E-state index contributed by atoms with van der Waals surface area (Å²) >= 11 is 1.56. The third kappa shape index (κ3) is 3.96. The van der Waals surface area contributed by atoms with Crippen molar-refractivity contribution in [2.75, 3.05) is 0 Å². The fourth-order valence-electron chi connectivity index (χ4n) is 3.68. The van der Waals surface area contributed by atoms with E-state index in [-0.39, 0.29) is 11.4 Å². The third-order valence-corrected chi connectivity index (χ3v) is 6.55. The molecule has 0 bridgehead atoms. The molecule has 0 radical (unpaired) electrons. The molecule has 1 aromatic heterocycles. The molecule has 0 saturated heterocycles. The second-order valence-electron chi connectivity index (χ2n) is 7.09. The molecule has 1 aliphatic carbocycles. The van der Waals surface area contributed by atoms with Crippen LogP contribution >= 0.6 is 11.8 Å². The van der Waals surface area contributed by atoms with E-state index in [0.717, 1.165) is 48.1 Å². The number of aromatic nitrogens is 1. The monoisotopic (exact) mass is 386 g/mol. The molecule has 4 heteroatoms. The molecule has 1 saturated carbocycles. The zero-order chi connectivity index (χ0) is 19.3. The molecule has 2 atom stereocenters. The van der Waals surface area contributed by atoms with Gasteiger partial charge in [0.15, 0.2) is 0 Å². The first-order chi connectivity index (χ1) is 13.8. The zero-order valence-electron chi connectivity index (χ0n) is 15.6. The van der Waals surface area contributed by atoms with Crippen molar-refractivity contribution in [2.24, 2.45) is 0 Å². The van der Waals surface area contributed by atoms with Crippen molar-refractivity contribution in [1.82, 2.24) is 4.98 Å². The van der Waals surface area contributed by atoms with Gasteiger partial charge in [0.05, 0.1) is 17.4 Å². The molecule has 1 N–H and O–H groups in total. The number of rotatable bonds is 4. The van der Waals surface area contributed by atoms with E-state index in [0.29, 0.717) is 10.6 Å². The van der Waals surface area contributed by atoms with Gasteiger partial charge < -0.3 is 5.11 Å². The molecule has 1 aliphatic rings. The average Bonchev–Trinajstić information content (AvgIpc) is 2.76. The third-order valence-electron chi connectivity index (χ3n) is 5.18. The standard InChI is InChI=1S/C24H22N2OS/c25-16-20-19(17-9-3-1-4-10-17)15-21(18-11-5-2-6-12-18)26-24(20)28-23-14-8-7-13-22(23)27/h1-6,9-12,15,22-23,27H,7-8,13-14H2/t22-,23-/m0/s1. The molecule has 140 valence electrons. The van der Waals surface area contributed by atoms with Crippen molar-refractivity contribution in [3.63, 3.8) is 0 Å². The number of hydrogen-bond donors (Lipinski definition) is 1. The van der Waals surface area contributed by atoms with Crippen molar-refractivity contribution >= 4 is 11.8 Å². The lowest BCUT2D eigenvalue weighted by molar-refractivity contribution is 0.137. The van der Waals surface area contributed by atoms with Crippen LogP contribution in [0.4, 0.5) is 0 Å². The minimum atomic E-state index is -0.340. The smallest absolute Gasteiger partial charge is 0.116 e. The van der Waals surface area contributed by atoms with Crippen molar-refractivity contribution in [2.45, 2.75) is 42.1 Å². The summed E-state index contributed by atoms with van der Waals surface area (Å²) in [5, 5.41) is 21.2. The minimum Gasteiger partial charge on any atom is -0.392 e. The van der Waals surface area contributed by atoms with Crippen molar-refractivity contribution < 1.29 is 5.11 Å². The van der Waals surface area contributed by atoms with Gasteiger partial charge in [-0.1, -0.05) is 85.3 Å². The molecule has 3 aromatic rings. The molecule has 2 aromatic carbocycles. The number of nitrogens with zero attached hydrogens (tertiary/aromatic N) is 2. The van der Waals surface area contributed by atoms with E-state index in [4.69, 9.17) is 4.98 Å². The summed E-state index contributed by atoms with van der Waals surface area (Å²) in [6.07, 6.45) is 3.61. The van der Waals surface area contributed by atoms with Crippen LogP contribution in [-0.4, -0.2) is 21.4 Å². The Morgan fingerprint density at radius 2 is 1.57 bits per heavy atom. The lowest BCUT2D eigenvalue weighted by atomic mass is 9.97. The Bertz CT molecular complexity index is 983. The number of hydrogen-bond acceptors (Lipinski definition) is 4. The van der Waals surface area contributed by atoms with Crippen molar-refractivity contribution in [3.8, 4) is 28.5 Å². The van der Waals surface area contributed by atoms with E-state index in [1.807, 2.05) is 66.7 Å². The van der Waals surface area contributed by atoms with Crippen LogP contribution in [0.3, 0.4) is 0 Å². The highest BCUT2D eigenvalue weighted by Gasteiger charge is 2.26. The Morgan fingerprint density at radius 3 is 2.21 bits per heavy atom. The number of aliphatic hydroxyl groups is 1. The highest BCUT2D eigenvalue weighted by molar-refractivity contribution is 8.00. The van der Waals surface area contributed by atoms with Crippen LogP contribution in [0.5, 0.6) is 0 Å². The summed E-state index contributed by atoms with van der Waals surface area (Å²) in [5.74, 6) is 0. The van der Waals surface area contributed by atoms with E-state index in [1.54, 1.807) is 11.8 Å². The Balaban J connectivity index is 1.84. The molecule has 0 amide bonds. The number of benzene rings is 2. The van der Waals surface area contributed by atoms with E-state index < -0.39 is 0 Å². The number of pyridine rings is 1. The van der Waals surface area contributed by atoms with Gasteiger partial charge in [-0.15, -0.1) is 0 Å². The van der Waals surface area contributed by atoms with Crippen LogP contribution in [-0.2, 0) is 0 Å².